The molecule has 7 heteroatoms. The molecule has 2 aromatic rings. The second-order valence-corrected chi connectivity index (χ2v) is 9.18. The van der Waals surface area contributed by atoms with E-state index in [0.29, 0.717) is 36.8 Å². The maximum Gasteiger partial charge on any atom is 0.411 e. The van der Waals surface area contributed by atoms with Gasteiger partial charge in [0.2, 0.25) is 11.8 Å². The van der Waals surface area contributed by atoms with E-state index in [0.717, 1.165) is 24.0 Å². The van der Waals surface area contributed by atoms with Crippen LogP contribution >= 0.6 is 0 Å². The number of benzene rings is 2. The zero-order valence-electron chi connectivity index (χ0n) is 19.4. The average Bonchev–Trinajstić information content (AvgIpc) is 3.11. The topological polar surface area (TPSA) is 79.0 Å². The van der Waals surface area contributed by atoms with Crippen LogP contribution in [0.15, 0.2) is 48.5 Å². The van der Waals surface area contributed by atoms with E-state index in [-0.39, 0.29) is 11.8 Å². The zero-order valence-corrected chi connectivity index (χ0v) is 19.4. The summed E-state index contributed by atoms with van der Waals surface area (Å²) in [5.74, 6) is 0.311. The molecule has 0 aromatic heterocycles. The number of amides is 3. The van der Waals surface area contributed by atoms with Crippen LogP contribution in [-0.2, 0) is 20.9 Å². The molecule has 174 valence electrons. The minimum absolute atomic E-state index is 0.0882. The van der Waals surface area contributed by atoms with Crippen LogP contribution in [0.4, 0.5) is 10.5 Å². The van der Waals surface area contributed by atoms with Crippen LogP contribution in [0.1, 0.15) is 49.5 Å². The van der Waals surface area contributed by atoms with E-state index < -0.39 is 18.2 Å². The van der Waals surface area contributed by atoms with Crippen LogP contribution in [0.2, 0.25) is 0 Å². The molecule has 2 aliphatic heterocycles. The molecular weight excluding hydrogens is 418 g/mol. The van der Waals surface area contributed by atoms with E-state index in [2.05, 4.69) is 12.2 Å². The summed E-state index contributed by atoms with van der Waals surface area (Å²) in [6.07, 6.45) is 0.652. The Bertz CT molecular complexity index is 1030. The number of carbonyl (C=O) groups excluding carboxylic acids is 3. The first-order valence-corrected chi connectivity index (χ1v) is 11.5. The molecule has 4 rings (SSSR count). The predicted molar refractivity (Wildman–Crippen MR) is 125 cm³/mol. The van der Waals surface area contributed by atoms with Gasteiger partial charge in [0.15, 0.2) is 12.1 Å². The number of carbonyl (C=O) groups is 3. The Morgan fingerprint density at radius 3 is 2.45 bits per heavy atom. The first-order valence-electron chi connectivity index (χ1n) is 11.5. The largest absolute Gasteiger partial charge is 0.438 e. The molecule has 1 N–H and O–H groups in total. The molecule has 0 saturated carbocycles. The van der Waals surface area contributed by atoms with Gasteiger partial charge in [0.25, 0.3) is 0 Å². The van der Waals surface area contributed by atoms with Crippen molar-refractivity contribution in [3.8, 4) is 0 Å². The van der Waals surface area contributed by atoms with Crippen molar-refractivity contribution in [2.75, 3.05) is 18.4 Å². The van der Waals surface area contributed by atoms with E-state index >= 15 is 0 Å². The van der Waals surface area contributed by atoms with Crippen LogP contribution in [0.5, 0.6) is 0 Å². The van der Waals surface area contributed by atoms with Gasteiger partial charge in [0.05, 0.1) is 6.54 Å². The smallest absolute Gasteiger partial charge is 0.411 e. The van der Waals surface area contributed by atoms with Crippen molar-refractivity contribution < 1.29 is 19.1 Å². The molecule has 2 fully saturated rings. The Kier molecular flexibility index (Phi) is 6.67. The van der Waals surface area contributed by atoms with Crippen molar-refractivity contribution in [2.24, 2.45) is 5.92 Å². The number of nitrogens with zero attached hydrogens (tertiary/aromatic N) is 2. The van der Waals surface area contributed by atoms with Gasteiger partial charge in [0, 0.05) is 25.7 Å². The number of likely N-dealkylation sites (tertiary alicyclic amines) is 1. The van der Waals surface area contributed by atoms with Gasteiger partial charge in [-0.15, -0.1) is 0 Å². The summed E-state index contributed by atoms with van der Waals surface area (Å²) in [7, 11) is 0. The minimum Gasteiger partial charge on any atom is -0.438 e. The van der Waals surface area contributed by atoms with Crippen LogP contribution in [0.3, 0.4) is 0 Å². The fourth-order valence-corrected chi connectivity index (χ4v) is 4.50. The molecular formula is C26H31N3O4. The normalized spacial score (nSPS) is 21.1. The van der Waals surface area contributed by atoms with Crippen molar-refractivity contribution in [1.29, 1.82) is 0 Å². The summed E-state index contributed by atoms with van der Waals surface area (Å²) in [5, 5.41) is 2.76. The molecule has 0 aliphatic carbocycles. The van der Waals surface area contributed by atoms with Crippen molar-refractivity contribution in [1.82, 2.24) is 9.80 Å². The van der Waals surface area contributed by atoms with Gasteiger partial charge in [0.1, 0.15) is 0 Å². The Balaban J connectivity index is 1.66. The lowest BCUT2D eigenvalue weighted by Gasteiger charge is -2.34. The predicted octanol–water partition coefficient (Wildman–Crippen LogP) is 4.27. The van der Waals surface area contributed by atoms with Crippen LogP contribution in [0.25, 0.3) is 0 Å². The van der Waals surface area contributed by atoms with E-state index in [1.54, 1.807) is 23.1 Å². The highest BCUT2D eigenvalue weighted by Gasteiger charge is 2.48. The number of hydrogen-bond acceptors (Lipinski definition) is 4. The van der Waals surface area contributed by atoms with E-state index in [9.17, 15) is 14.4 Å². The Labute approximate surface area is 194 Å². The van der Waals surface area contributed by atoms with Gasteiger partial charge in [-0.25, -0.2) is 4.79 Å². The minimum atomic E-state index is -0.764. The number of aryl methyl sites for hydroxylation is 1. The summed E-state index contributed by atoms with van der Waals surface area (Å²) in [6, 6.07) is 14.3. The highest BCUT2D eigenvalue weighted by atomic mass is 16.6. The maximum absolute atomic E-state index is 13.7. The molecule has 0 unspecified atom stereocenters. The summed E-state index contributed by atoms with van der Waals surface area (Å²) in [5.41, 5.74) is 3.36. The molecule has 0 spiro atoms. The molecule has 7 nitrogen and oxygen atoms in total. The second kappa shape index (κ2) is 9.65. The number of nitrogens with one attached hydrogen (secondary N) is 1. The number of cyclic esters (lactones) is 1. The number of anilines is 1. The molecule has 2 aliphatic rings. The van der Waals surface area contributed by atoms with Gasteiger partial charge in [-0.3, -0.25) is 14.5 Å². The summed E-state index contributed by atoms with van der Waals surface area (Å²) in [4.78, 5) is 41.7. The maximum atomic E-state index is 13.7. The first-order chi connectivity index (χ1) is 15.8. The molecule has 2 heterocycles. The highest BCUT2D eigenvalue weighted by Crippen LogP contribution is 2.36. The van der Waals surface area contributed by atoms with Gasteiger partial charge in [-0.2, -0.15) is 0 Å². The lowest BCUT2D eigenvalue weighted by Crippen LogP contribution is -2.50. The van der Waals surface area contributed by atoms with Crippen LogP contribution in [0, 0.1) is 12.8 Å². The standard InChI is InChI=1S/C26H31N3O4/c1-17-7-9-20(10-8-17)16-29-23(25(31)28-13-11-18(2)12-14-28)24(33-26(29)32)21-5-4-6-22(15-21)27-19(3)30/h4-10,15,18,23-24H,11-14,16H2,1-3H3,(H,27,30)/t23-,24-/m1/s1. The van der Waals surface area contributed by atoms with Gasteiger partial charge in [-0.1, -0.05) is 48.9 Å². The quantitative estimate of drug-likeness (QED) is 0.739. The fraction of sp³-hybridized carbons (Fsp3) is 0.423. The van der Waals surface area contributed by atoms with E-state index in [4.69, 9.17) is 4.74 Å². The van der Waals surface area contributed by atoms with E-state index in [1.165, 1.54) is 6.92 Å². The lowest BCUT2D eigenvalue weighted by atomic mass is 9.96. The zero-order chi connectivity index (χ0) is 23.5. The van der Waals surface area contributed by atoms with Gasteiger partial charge >= 0.3 is 6.09 Å². The van der Waals surface area contributed by atoms with E-state index in [1.807, 2.05) is 42.2 Å². The summed E-state index contributed by atoms with van der Waals surface area (Å²) >= 11 is 0. The molecule has 3 amide bonds. The molecule has 2 atom stereocenters. The molecule has 33 heavy (non-hydrogen) atoms. The van der Waals surface area contributed by atoms with Crippen molar-refractivity contribution in [3.63, 3.8) is 0 Å². The van der Waals surface area contributed by atoms with Crippen molar-refractivity contribution in [3.05, 3.63) is 65.2 Å². The molecule has 2 saturated heterocycles. The third-order valence-electron chi connectivity index (χ3n) is 6.44. The monoisotopic (exact) mass is 449 g/mol. The number of ether oxygens (including phenoxy) is 1. The van der Waals surface area contributed by atoms with Crippen LogP contribution in [-0.4, -0.2) is 46.8 Å². The van der Waals surface area contributed by atoms with Crippen molar-refractivity contribution >= 4 is 23.6 Å². The fourth-order valence-electron chi connectivity index (χ4n) is 4.50. The Morgan fingerprint density at radius 2 is 1.79 bits per heavy atom. The molecule has 0 bridgehead atoms. The lowest BCUT2D eigenvalue weighted by molar-refractivity contribution is -0.138. The Hall–Kier alpha value is -3.35. The van der Waals surface area contributed by atoms with Crippen molar-refractivity contribution in [2.45, 2.75) is 52.3 Å². The van der Waals surface area contributed by atoms with Crippen LogP contribution < -0.4 is 5.32 Å². The first kappa shape index (κ1) is 22.8. The summed E-state index contributed by atoms with van der Waals surface area (Å²) < 4.78 is 5.79. The molecule has 0 radical (unpaired) electrons. The van der Waals surface area contributed by atoms with Gasteiger partial charge in [-0.05, 0) is 48.9 Å². The molecule has 2 aromatic carbocycles. The third kappa shape index (κ3) is 5.18. The highest BCUT2D eigenvalue weighted by molar-refractivity contribution is 5.90. The third-order valence-corrected chi connectivity index (χ3v) is 6.44. The average molecular weight is 450 g/mol. The Morgan fingerprint density at radius 1 is 1.09 bits per heavy atom. The van der Waals surface area contributed by atoms with Gasteiger partial charge < -0.3 is 15.0 Å². The number of hydrogen-bond donors (Lipinski definition) is 1. The number of rotatable bonds is 5. The second-order valence-electron chi connectivity index (χ2n) is 9.18. The SMILES string of the molecule is CC(=O)Nc1cccc([C@H]2OC(=O)N(Cc3ccc(C)cc3)[C@H]2C(=O)N2CCC(C)CC2)c1. The number of piperidine rings is 1. The summed E-state index contributed by atoms with van der Waals surface area (Å²) in [6.45, 7) is 7.31.